The van der Waals surface area contributed by atoms with Gasteiger partial charge in [0.25, 0.3) is 5.69 Å². The van der Waals surface area contributed by atoms with Gasteiger partial charge in [-0.2, -0.15) is 0 Å². The summed E-state index contributed by atoms with van der Waals surface area (Å²) in [4.78, 5) is 13.7. The zero-order chi connectivity index (χ0) is 13.9. The number of rotatable bonds is 5. The lowest BCUT2D eigenvalue weighted by Gasteiger charge is -2.13. The van der Waals surface area contributed by atoms with Crippen LogP contribution < -0.4 is 5.32 Å². The van der Waals surface area contributed by atoms with E-state index in [0.29, 0.717) is 0 Å². The third kappa shape index (κ3) is 4.46. The lowest BCUT2D eigenvalue weighted by atomic mass is 10.3. The molecule has 1 rings (SSSR count). The van der Waals surface area contributed by atoms with Gasteiger partial charge in [0.05, 0.1) is 15.7 Å². The maximum absolute atomic E-state index is 11.1. The molecule has 0 radical (unpaired) electrons. The van der Waals surface area contributed by atoms with Gasteiger partial charge in [-0.05, 0) is 6.92 Å². The van der Waals surface area contributed by atoms with Gasteiger partial charge in [-0.15, -0.1) is 0 Å². The van der Waals surface area contributed by atoms with Gasteiger partial charge >= 0.3 is 0 Å². The molecule has 1 atom stereocenters. The number of halogens is 1. The van der Waals surface area contributed by atoms with Crippen molar-refractivity contribution in [3.8, 4) is 0 Å². The molecule has 0 aliphatic rings. The Kier molecular flexibility index (Phi) is 4.47. The zero-order valence-corrected chi connectivity index (χ0v) is 11.3. The molecular weight excluding hydrogens is 282 g/mol. The third-order valence-electron chi connectivity index (χ3n) is 1.97. The van der Waals surface area contributed by atoms with Crippen molar-refractivity contribution < 1.29 is 13.3 Å². The number of nitro groups is 1. The SMILES string of the molecule is CC(CS(C)(=O)=O)Nc1ncc([N+](=O)[O-])cc1Cl. The summed E-state index contributed by atoms with van der Waals surface area (Å²) in [7, 11) is -3.12. The number of sulfone groups is 1. The predicted molar refractivity (Wildman–Crippen MR) is 68.7 cm³/mol. The third-order valence-corrected chi connectivity index (χ3v) is 3.37. The van der Waals surface area contributed by atoms with Crippen LogP contribution in [0.2, 0.25) is 5.02 Å². The van der Waals surface area contributed by atoms with Gasteiger partial charge in [0.1, 0.15) is 21.9 Å². The van der Waals surface area contributed by atoms with E-state index in [0.717, 1.165) is 18.5 Å². The van der Waals surface area contributed by atoms with Crippen molar-refractivity contribution in [2.75, 3.05) is 17.3 Å². The van der Waals surface area contributed by atoms with E-state index in [4.69, 9.17) is 11.6 Å². The summed E-state index contributed by atoms with van der Waals surface area (Å²) in [5.74, 6) is 0.139. The molecule has 0 amide bonds. The Hall–Kier alpha value is -1.41. The molecular formula is C9H12ClN3O4S. The van der Waals surface area contributed by atoms with Crippen molar-refractivity contribution in [2.45, 2.75) is 13.0 Å². The highest BCUT2D eigenvalue weighted by molar-refractivity contribution is 7.90. The van der Waals surface area contributed by atoms with Gasteiger partial charge in [-0.3, -0.25) is 10.1 Å². The number of aromatic nitrogens is 1. The van der Waals surface area contributed by atoms with Gasteiger partial charge in [0, 0.05) is 18.4 Å². The Balaban J connectivity index is 2.83. The molecule has 1 heterocycles. The summed E-state index contributed by atoms with van der Waals surface area (Å²) in [6, 6.07) is 0.760. The van der Waals surface area contributed by atoms with Crippen molar-refractivity contribution >= 4 is 32.9 Å². The predicted octanol–water partition coefficient (Wildman–Crippen LogP) is 1.49. The minimum Gasteiger partial charge on any atom is -0.365 e. The van der Waals surface area contributed by atoms with E-state index in [9.17, 15) is 18.5 Å². The molecule has 1 aromatic heterocycles. The lowest BCUT2D eigenvalue weighted by Crippen LogP contribution is -2.25. The number of hydrogen-bond acceptors (Lipinski definition) is 6. The highest BCUT2D eigenvalue weighted by Crippen LogP contribution is 2.24. The van der Waals surface area contributed by atoms with Crippen molar-refractivity contribution in [2.24, 2.45) is 0 Å². The molecule has 7 nitrogen and oxygen atoms in total. The fourth-order valence-electron chi connectivity index (χ4n) is 1.36. The van der Waals surface area contributed by atoms with E-state index in [1.165, 1.54) is 0 Å². The molecule has 0 saturated carbocycles. The van der Waals surface area contributed by atoms with Gasteiger partial charge in [0.2, 0.25) is 0 Å². The summed E-state index contributed by atoms with van der Waals surface area (Å²) in [5.41, 5.74) is -0.221. The molecule has 1 N–H and O–H groups in total. The molecule has 100 valence electrons. The van der Waals surface area contributed by atoms with E-state index in [1.807, 2.05) is 0 Å². The van der Waals surface area contributed by atoms with Crippen LogP contribution >= 0.6 is 11.6 Å². The van der Waals surface area contributed by atoms with E-state index in [2.05, 4.69) is 10.3 Å². The number of anilines is 1. The summed E-state index contributed by atoms with van der Waals surface area (Å²) < 4.78 is 22.2. The highest BCUT2D eigenvalue weighted by atomic mass is 35.5. The molecule has 0 saturated heterocycles. The minimum absolute atomic E-state index is 0.0737. The van der Waals surface area contributed by atoms with E-state index < -0.39 is 20.8 Å². The van der Waals surface area contributed by atoms with Crippen LogP contribution in [0.25, 0.3) is 0 Å². The Morgan fingerprint density at radius 3 is 2.67 bits per heavy atom. The molecule has 0 aromatic carbocycles. The number of pyridine rings is 1. The topological polar surface area (TPSA) is 102 Å². The summed E-state index contributed by atoms with van der Waals surface area (Å²) >= 11 is 5.81. The maximum atomic E-state index is 11.1. The van der Waals surface area contributed by atoms with E-state index >= 15 is 0 Å². The molecule has 0 aliphatic carbocycles. The highest BCUT2D eigenvalue weighted by Gasteiger charge is 2.15. The standard InChI is InChI=1S/C9H12ClN3O4S/c1-6(5-18(2,16)17)12-9-8(10)3-7(4-11-9)13(14)15/h3-4,6H,5H2,1-2H3,(H,11,12). The first-order valence-electron chi connectivity index (χ1n) is 4.93. The summed E-state index contributed by atoms with van der Waals surface area (Å²) in [5, 5.41) is 13.3. The molecule has 0 aliphatic heterocycles. The van der Waals surface area contributed by atoms with Crippen LogP contribution in [-0.2, 0) is 9.84 Å². The average molecular weight is 294 g/mol. The Bertz CT molecular complexity index is 561. The first-order chi connectivity index (χ1) is 8.19. The molecule has 0 spiro atoms. The summed E-state index contributed by atoms with van der Waals surface area (Å²) in [6.07, 6.45) is 2.18. The molecule has 0 bridgehead atoms. The van der Waals surface area contributed by atoms with Gasteiger partial charge in [-0.25, -0.2) is 13.4 Å². The number of nitrogens with zero attached hydrogens (tertiary/aromatic N) is 2. The van der Waals surface area contributed by atoms with Crippen LogP contribution in [0.15, 0.2) is 12.3 Å². The van der Waals surface area contributed by atoms with Crippen molar-refractivity contribution in [1.29, 1.82) is 0 Å². The Morgan fingerprint density at radius 2 is 2.22 bits per heavy atom. The van der Waals surface area contributed by atoms with Gasteiger partial charge in [0.15, 0.2) is 0 Å². The van der Waals surface area contributed by atoms with Crippen LogP contribution in [0.4, 0.5) is 11.5 Å². The van der Waals surface area contributed by atoms with Crippen LogP contribution in [-0.4, -0.2) is 36.4 Å². The smallest absolute Gasteiger partial charge is 0.289 e. The number of hydrogen-bond donors (Lipinski definition) is 1. The largest absolute Gasteiger partial charge is 0.365 e. The van der Waals surface area contributed by atoms with Crippen molar-refractivity contribution in [3.05, 3.63) is 27.4 Å². The maximum Gasteiger partial charge on any atom is 0.289 e. The first kappa shape index (κ1) is 14.7. The molecule has 18 heavy (non-hydrogen) atoms. The monoisotopic (exact) mass is 293 g/mol. The minimum atomic E-state index is -3.12. The quantitative estimate of drug-likeness (QED) is 0.652. The second-order valence-corrected chi connectivity index (χ2v) is 6.51. The summed E-state index contributed by atoms with van der Waals surface area (Å²) in [6.45, 7) is 1.65. The first-order valence-corrected chi connectivity index (χ1v) is 7.37. The number of nitrogens with one attached hydrogen (secondary N) is 1. The van der Waals surface area contributed by atoms with Crippen LogP contribution in [0.5, 0.6) is 0 Å². The second-order valence-electron chi connectivity index (χ2n) is 3.92. The van der Waals surface area contributed by atoms with Crippen molar-refractivity contribution in [1.82, 2.24) is 4.98 Å². The molecule has 9 heteroatoms. The van der Waals surface area contributed by atoms with E-state index in [-0.39, 0.29) is 22.3 Å². The molecule has 1 unspecified atom stereocenters. The zero-order valence-electron chi connectivity index (χ0n) is 9.75. The Morgan fingerprint density at radius 1 is 1.61 bits per heavy atom. The fraction of sp³-hybridized carbons (Fsp3) is 0.444. The van der Waals surface area contributed by atoms with E-state index in [1.54, 1.807) is 6.92 Å². The molecule has 0 fully saturated rings. The Labute approximate surface area is 109 Å². The molecule has 1 aromatic rings. The normalized spacial score (nSPS) is 13.1. The van der Waals surface area contributed by atoms with Crippen LogP contribution in [0, 0.1) is 10.1 Å². The fourth-order valence-corrected chi connectivity index (χ4v) is 2.57. The van der Waals surface area contributed by atoms with Crippen molar-refractivity contribution in [3.63, 3.8) is 0 Å². The second kappa shape index (κ2) is 5.49. The average Bonchev–Trinajstić information content (AvgIpc) is 2.17. The van der Waals surface area contributed by atoms with Gasteiger partial charge < -0.3 is 5.32 Å². The van der Waals surface area contributed by atoms with Crippen LogP contribution in [0.1, 0.15) is 6.92 Å². The lowest BCUT2D eigenvalue weighted by molar-refractivity contribution is -0.385. The van der Waals surface area contributed by atoms with Crippen LogP contribution in [0.3, 0.4) is 0 Å². The van der Waals surface area contributed by atoms with Gasteiger partial charge in [-0.1, -0.05) is 11.6 Å².